The third kappa shape index (κ3) is 4.30. The average molecular weight is 348 g/mol. The fourth-order valence-electron chi connectivity index (χ4n) is 2.90. The van der Waals surface area contributed by atoms with Gasteiger partial charge in [-0.3, -0.25) is 9.78 Å². The van der Waals surface area contributed by atoms with E-state index in [2.05, 4.69) is 10.3 Å². The van der Waals surface area contributed by atoms with Gasteiger partial charge in [0.1, 0.15) is 17.4 Å². The molecule has 1 saturated carbocycles. The number of pyridine rings is 1. The van der Waals surface area contributed by atoms with Gasteiger partial charge in [-0.05, 0) is 37.0 Å². The number of hydrogen-bond acceptors (Lipinski definition) is 4. The van der Waals surface area contributed by atoms with Gasteiger partial charge in [-0.25, -0.2) is 8.78 Å². The van der Waals surface area contributed by atoms with Crippen molar-refractivity contribution in [3.8, 4) is 5.75 Å². The van der Waals surface area contributed by atoms with E-state index in [4.69, 9.17) is 4.74 Å². The summed E-state index contributed by atoms with van der Waals surface area (Å²) >= 11 is 0. The standard InChI is InChI=1S/C18H18F2N2O3/c19-12-3-4-15(16(20)8-12)18(11-6-13(23)7-11)22-17(24)10-25-14-2-1-5-21-9-14/h1-5,8-9,11,13,18,23H,6-7,10H2,(H,22,24). The Balaban J connectivity index is 1.68. The molecular weight excluding hydrogens is 330 g/mol. The second kappa shape index (κ2) is 7.57. The number of amides is 1. The molecule has 0 saturated heterocycles. The number of carbonyl (C=O) groups is 1. The summed E-state index contributed by atoms with van der Waals surface area (Å²) in [5.41, 5.74) is 0.202. The molecule has 1 heterocycles. The Bertz CT molecular complexity index is 736. The first-order valence-corrected chi connectivity index (χ1v) is 7.98. The van der Waals surface area contributed by atoms with E-state index in [1.54, 1.807) is 18.3 Å². The van der Waals surface area contributed by atoms with Gasteiger partial charge in [0, 0.05) is 17.8 Å². The minimum atomic E-state index is -0.722. The molecule has 1 aromatic carbocycles. The van der Waals surface area contributed by atoms with Crippen LogP contribution in [0.3, 0.4) is 0 Å². The Morgan fingerprint density at radius 2 is 2.16 bits per heavy atom. The molecule has 1 aliphatic carbocycles. The van der Waals surface area contributed by atoms with E-state index in [1.807, 2.05) is 0 Å². The van der Waals surface area contributed by atoms with Crippen molar-refractivity contribution in [2.45, 2.75) is 25.0 Å². The van der Waals surface area contributed by atoms with Crippen LogP contribution in [0, 0.1) is 17.6 Å². The van der Waals surface area contributed by atoms with Gasteiger partial charge in [0.25, 0.3) is 5.91 Å². The maximum atomic E-state index is 14.1. The van der Waals surface area contributed by atoms with Crippen molar-refractivity contribution in [1.29, 1.82) is 0 Å². The maximum Gasteiger partial charge on any atom is 0.258 e. The summed E-state index contributed by atoms with van der Waals surface area (Å²) in [7, 11) is 0. The van der Waals surface area contributed by atoms with Crippen molar-refractivity contribution >= 4 is 5.91 Å². The van der Waals surface area contributed by atoms with E-state index in [-0.39, 0.29) is 18.1 Å². The zero-order valence-electron chi connectivity index (χ0n) is 13.4. The highest BCUT2D eigenvalue weighted by molar-refractivity contribution is 5.78. The summed E-state index contributed by atoms with van der Waals surface area (Å²) < 4.78 is 32.6. The molecule has 0 spiro atoms. The molecule has 2 aromatic rings. The first-order valence-electron chi connectivity index (χ1n) is 7.98. The van der Waals surface area contributed by atoms with Gasteiger partial charge in [0.2, 0.25) is 0 Å². The number of nitrogens with one attached hydrogen (secondary N) is 1. The molecule has 0 radical (unpaired) electrons. The molecule has 1 aromatic heterocycles. The predicted molar refractivity (Wildman–Crippen MR) is 85.7 cm³/mol. The van der Waals surface area contributed by atoms with Crippen LogP contribution >= 0.6 is 0 Å². The fraction of sp³-hybridized carbons (Fsp3) is 0.333. The van der Waals surface area contributed by atoms with Gasteiger partial charge in [-0.2, -0.15) is 0 Å². The van der Waals surface area contributed by atoms with Gasteiger partial charge in [-0.15, -0.1) is 0 Å². The third-order valence-electron chi connectivity index (χ3n) is 4.24. The van der Waals surface area contributed by atoms with Crippen LogP contribution in [0.2, 0.25) is 0 Å². The van der Waals surface area contributed by atoms with Crippen LogP contribution < -0.4 is 10.1 Å². The zero-order valence-corrected chi connectivity index (χ0v) is 13.4. The maximum absolute atomic E-state index is 14.1. The number of aromatic nitrogens is 1. The summed E-state index contributed by atoms with van der Waals surface area (Å²) in [6.45, 7) is -0.250. The number of aliphatic hydroxyl groups excluding tert-OH is 1. The molecule has 1 aliphatic rings. The summed E-state index contributed by atoms with van der Waals surface area (Å²) in [4.78, 5) is 16.1. The number of halogens is 2. The largest absolute Gasteiger partial charge is 0.482 e. The third-order valence-corrected chi connectivity index (χ3v) is 4.24. The highest BCUT2D eigenvalue weighted by atomic mass is 19.1. The van der Waals surface area contributed by atoms with E-state index in [1.165, 1.54) is 12.3 Å². The minimum absolute atomic E-state index is 0.114. The van der Waals surface area contributed by atoms with Crippen molar-refractivity contribution in [2.75, 3.05) is 6.61 Å². The first-order chi connectivity index (χ1) is 12.0. The smallest absolute Gasteiger partial charge is 0.258 e. The van der Waals surface area contributed by atoms with Crippen LogP contribution in [0.1, 0.15) is 24.4 Å². The quantitative estimate of drug-likeness (QED) is 0.841. The lowest BCUT2D eigenvalue weighted by Crippen LogP contribution is -2.43. The Hall–Kier alpha value is -2.54. The van der Waals surface area contributed by atoms with E-state index >= 15 is 0 Å². The Labute approximate surface area is 143 Å². The van der Waals surface area contributed by atoms with E-state index in [9.17, 15) is 18.7 Å². The molecule has 25 heavy (non-hydrogen) atoms. The molecule has 1 atom stereocenters. The number of hydrogen-bond donors (Lipinski definition) is 2. The average Bonchev–Trinajstić information content (AvgIpc) is 2.57. The molecular formula is C18H18F2N2O3. The van der Waals surface area contributed by atoms with Crippen molar-refractivity contribution < 1.29 is 23.4 Å². The van der Waals surface area contributed by atoms with Crippen LogP contribution in [0.15, 0.2) is 42.7 Å². The van der Waals surface area contributed by atoms with E-state index in [0.29, 0.717) is 18.6 Å². The molecule has 1 unspecified atom stereocenters. The van der Waals surface area contributed by atoms with Crippen molar-refractivity contribution in [1.82, 2.24) is 10.3 Å². The predicted octanol–water partition coefficient (Wildman–Crippen LogP) is 2.37. The summed E-state index contributed by atoms with van der Waals surface area (Å²) in [5.74, 6) is -1.50. The van der Waals surface area contributed by atoms with Gasteiger partial charge >= 0.3 is 0 Å². The second-order valence-corrected chi connectivity index (χ2v) is 6.07. The summed E-state index contributed by atoms with van der Waals surface area (Å²) in [6.07, 6.45) is 3.50. The topological polar surface area (TPSA) is 71.5 Å². The Morgan fingerprint density at radius 3 is 2.80 bits per heavy atom. The minimum Gasteiger partial charge on any atom is -0.482 e. The number of benzene rings is 1. The summed E-state index contributed by atoms with van der Waals surface area (Å²) in [5, 5.41) is 12.2. The molecule has 0 aliphatic heterocycles. The molecule has 3 rings (SSSR count). The Morgan fingerprint density at radius 1 is 1.36 bits per heavy atom. The molecule has 132 valence electrons. The molecule has 2 N–H and O–H groups in total. The molecule has 1 amide bonds. The Kier molecular flexibility index (Phi) is 5.23. The van der Waals surface area contributed by atoms with E-state index in [0.717, 1.165) is 12.1 Å². The van der Waals surface area contributed by atoms with Gasteiger partial charge in [0.15, 0.2) is 6.61 Å². The zero-order chi connectivity index (χ0) is 17.8. The highest BCUT2D eigenvalue weighted by Crippen LogP contribution is 2.38. The lowest BCUT2D eigenvalue weighted by molar-refractivity contribution is -0.125. The normalized spacial score (nSPS) is 20.4. The van der Waals surface area contributed by atoms with Crippen LogP contribution in [0.25, 0.3) is 0 Å². The monoisotopic (exact) mass is 348 g/mol. The fourth-order valence-corrected chi connectivity index (χ4v) is 2.90. The van der Waals surface area contributed by atoms with Crippen molar-refractivity contribution in [2.24, 2.45) is 5.92 Å². The SMILES string of the molecule is O=C(COc1cccnc1)NC(c1ccc(F)cc1F)C1CC(O)C1. The first kappa shape index (κ1) is 17.3. The number of rotatable bonds is 6. The van der Waals surface area contributed by atoms with Crippen LogP contribution in [0.4, 0.5) is 8.78 Å². The highest BCUT2D eigenvalue weighted by Gasteiger charge is 2.36. The van der Waals surface area contributed by atoms with Crippen LogP contribution in [-0.4, -0.2) is 28.7 Å². The van der Waals surface area contributed by atoms with Gasteiger partial charge in [0.05, 0.1) is 18.3 Å². The van der Waals surface area contributed by atoms with Crippen molar-refractivity contribution in [3.63, 3.8) is 0 Å². The number of aliphatic hydroxyl groups is 1. The number of carbonyl (C=O) groups excluding carboxylic acids is 1. The van der Waals surface area contributed by atoms with E-state index < -0.39 is 29.7 Å². The summed E-state index contributed by atoms with van der Waals surface area (Å²) in [6, 6.07) is 5.96. The second-order valence-electron chi connectivity index (χ2n) is 6.07. The van der Waals surface area contributed by atoms with Gasteiger partial charge in [-0.1, -0.05) is 6.07 Å². The van der Waals surface area contributed by atoms with Crippen LogP contribution in [-0.2, 0) is 4.79 Å². The molecule has 7 heteroatoms. The molecule has 5 nitrogen and oxygen atoms in total. The number of nitrogens with zero attached hydrogens (tertiary/aromatic N) is 1. The number of ether oxygens (including phenoxy) is 1. The van der Waals surface area contributed by atoms with Gasteiger partial charge < -0.3 is 15.2 Å². The lowest BCUT2D eigenvalue weighted by atomic mass is 9.75. The van der Waals surface area contributed by atoms with Crippen LogP contribution in [0.5, 0.6) is 5.75 Å². The lowest BCUT2D eigenvalue weighted by Gasteiger charge is -2.38. The van der Waals surface area contributed by atoms with Crippen molar-refractivity contribution in [3.05, 3.63) is 59.9 Å². The molecule has 0 bridgehead atoms. The molecule has 1 fully saturated rings.